The Morgan fingerprint density at radius 3 is 2.57 bits per heavy atom. The van der Waals surface area contributed by atoms with Gasteiger partial charge in [-0.15, -0.1) is 0 Å². The lowest BCUT2D eigenvalue weighted by Crippen LogP contribution is -2.37. The van der Waals surface area contributed by atoms with E-state index >= 15 is 0 Å². The van der Waals surface area contributed by atoms with Crippen LogP contribution in [0.5, 0.6) is 0 Å². The Morgan fingerprint density at radius 1 is 1.21 bits per heavy atom. The number of nitrogens with zero attached hydrogens (tertiary/aromatic N) is 2. The van der Waals surface area contributed by atoms with E-state index in [2.05, 4.69) is 29.1 Å². The van der Waals surface area contributed by atoms with Crippen LogP contribution in [-0.2, 0) is 0 Å². The largest absolute Gasteiger partial charge is 0.307 e. The lowest BCUT2D eigenvalue weighted by Gasteiger charge is -2.32. The van der Waals surface area contributed by atoms with Crippen molar-refractivity contribution >= 4 is 0 Å². The van der Waals surface area contributed by atoms with Crippen molar-refractivity contribution in [2.24, 2.45) is 5.92 Å². The third kappa shape index (κ3) is 2.10. The van der Waals surface area contributed by atoms with E-state index in [9.17, 15) is 0 Å². The minimum Gasteiger partial charge on any atom is -0.307 e. The van der Waals surface area contributed by atoms with Gasteiger partial charge in [0.25, 0.3) is 0 Å². The Hall–Kier alpha value is -0.960. The summed E-state index contributed by atoms with van der Waals surface area (Å²) in [4.78, 5) is 8.12. The zero-order valence-corrected chi connectivity index (χ0v) is 8.77. The molecule has 1 N–H and O–H groups in total. The van der Waals surface area contributed by atoms with Crippen LogP contribution in [0, 0.1) is 5.92 Å². The summed E-state index contributed by atoms with van der Waals surface area (Å²) in [6.07, 6.45) is 7.87. The van der Waals surface area contributed by atoms with E-state index in [0.717, 1.165) is 5.92 Å². The van der Waals surface area contributed by atoms with Gasteiger partial charge in [0, 0.05) is 30.0 Å². The highest BCUT2D eigenvalue weighted by Crippen LogP contribution is 2.28. The predicted molar refractivity (Wildman–Crippen MR) is 55.8 cm³/mol. The molecule has 0 radical (unpaired) electrons. The fraction of sp³-hybridized carbons (Fsp3) is 0.636. The van der Waals surface area contributed by atoms with Gasteiger partial charge in [-0.3, -0.25) is 0 Å². The average Bonchev–Trinajstić information content (AvgIpc) is 2.18. The van der Waals surface area contributed by atoms with Crippen LogP contribution in [0.15, 0.2) is 18.7 Å². The van der Waals surface area contributed by atoms with Crippen LogP contribution >= 0.6 is 0 Å². The van der Waals surface area contributed by atoms with Gasteiger partial charge < -0.3 is 5.32 Å². The van der Waals surface area contributed by atoms with E-state index in [1.54, 1.807) is 6.33 Å². The van der Waals surface area contributed by atoms with Crippen molar-refractivity contribution < 1.29 is 0 Å². The molecule has 3 unspecified atom stereocenters. The zero-order chi connectivity index (χ0) is 9.97. The summed E-state index contributed by atoms with van der Waals surface area (Å²) in [5.74, 6) is 0.788. The molecule has 1 fully saturated rings. The minimum absolute atomic E-state index is 0.440. The molecule has 1 saturated heterocycles. The summed E-state index contributed by atoms with van der Waals surface area (Å²) in [5.41, 5.74) is 1.21. The maximum atomic E-state index is 4.06. The minimum atomic E-state index is 0.440. The molecule has 1 aromatic heterocycles. The van der Waals surface area contributed by atoms with Gasteiger partial charge in [-0.2, -0.15) is 0 Å². The standard InChI is InChI=1S/C11H17N3/c1-8-3-9(2)14-11(4-8)10-5-12-7-13-6-10/h5-9,11,14H,3-4H2,1-2H3. The lowest BCUT2D eigenvalue weighted by atomic mass is 9.87. The molecule has 1 aromatic rings. The van der Waals surface area contributed by atoms with E-state index in [1.165, 1.54) is 18.4 Å². The first-order valence-electron chi connectivity index (χ1n) is 5.26. The van der Waals surface area contributed by atoms with Crippen molar-refractivity contribution in [3.63, 3.8) is 0 Å². The van der Waals surface area contributed by atoms with Gasteiger partial charge in [-0.25, -0.2) is 9.97 Å². The number of rotatable bonds is 1. The van der Waals surface area contributed by atoms with Crippen LogP contribution in [-0.4, -0.2) is 16.0 Å². The molecular formula is C11H17N3. The molecule has 0 amide bonds. The number of aromatic nitrogens is 2. The summed E-state index contributed by atoms with van der Waals surface area (Å²) in [5, 5.41) is 3.58. The van der Waals surface area contributed by atoms with Crippen LogP contribution in [0.3, 0.4) is 0 Å². The molecule has 0 aliphatic carbocycles. The normalized spacial score (nSPS) is 32.9. The van der Waals surface area contributed by atoms with E-state index in [1.807, 2.05) is 12.4 Å². The number of hydrogen-bond donors (Lipinski definition) is 1. The fourth-order valence-electron chi connectivity index (χ4n) is 2.30. The van der Waals surface area contributed by atoms with Gasteiger partial charge in [0.15, 0.2) is 0 Å². The predicted octanol–water partition coefficient (Wildman–Crippen LogP) is 1.93. The molecule has 0 aromatic carbocycles. The Morgan fingerprint density at radius 2 is 1.93 bits per heavy atom. The second-order valence-corrected chi connectivity index (χ2v) is 4.37. The summed E-state index contributed by atoms with van der Waals surface area (Å²) >= 11 is 0. The maximum absolute atomic E-state index is 4.06. The van der Waals surface area contributed by atoms with Gasteiger partial charge >= 0.3 is 0 Å². The molecule has 0 bridgehead atoms. The number of piperidine rings is 1. The second kappa shape index (κ2) is 4.05. The monoisotopic (exact) mass is 191 g/mol. The molecule has 1 aliphatic heterocycles. The van der Waals surface area contributed by atoms with E-state index in [-0.39, 0.29) is 0 Å². The molecule has 3 atom stereocenters. The highest BCUT2D eigenvalue weighted by molar-refractivity contribution is 5.10. The molecular weight excluding hydrogens is 174 g/mol. The van der Waals surface area contributed by atoms with Crippen molar-refractivity contribution in [2.45, 2.75) is 38.8 Å². The van der Waals surface area contributed by atoms with Crippen LogP contribution in [0.1, 0.15) is 38.3 Å². The van der Waals surface area contributed by atoms with Gasteiger partial charge in [-0.05, 0) is 25.7 Å². The third-order valence-electron chi connectivity index (χ3n) is 2.86. The van der Waals surface area contributed by atoms with Crippen molar-refractivity contribution in [3.8, 4) is 0 Å². The molecule has 2 heterocycles. The fourth-order valence-corrected chi connectivity index (χ4v) is 2.30. The van der Waals surface area contributed by atoms with Crippen molar-refractivity contribution in [3.05, 3.63) is 24.3 Å². The quantitative estimate of drug-likeness (QED) is 0.737. The van der Waals surface area contributed by atoms with E-state index < -0.39 is 0 Å². The first-order valence-corrected chi connectivity index (χ1v) is 5.26. The summed E-state index contributed by atoms with van der Waals surface area (Å²) in [7, 11) is 0. The van der Waals surface area contributed by atoms with Gasteiger partial charge in [0.2, 0.25) is 0 Å². The maximum Gasteiger partial charge on any atom is 0.115 e. The molecule has 1 aliphatic rings. The molecule has 0 saturated carbocycles. The van der Waals surface area contributed by atoms with Crippen molar-refractivity contribution in [1.29, 1.82) is 0 Å². The summed E-state index contributed by atoms with van der Waals surface area (Å²) in [6.45, 7) is 4.56. The first-order chi connectivity index (χ1) is 6.75. The molecule has 3 heteroatoms. The highest BCUT2D eigenvalue weighted by atomic mass is 15.0. The van der Waals surface area contributed by atoms with Crippen molar-refractivity contribution in [2.75, 3.05) is 0 Å². The zero-order valence-electron chi connectivity index (χ0n) is 8.77. The van der Waals surface area contributed by atoms with Gasteiger partial charge in [0.1, 0.15) is 6.33 Å². The first kappa shape index (κ1) is 9.59. The highest BCUT2D eigenvalue weighted by Gasteiger charge is 2.24. The van der Waals surface area contributed by atoms with E-state index in [0.29, 0.717) is 12.1 Å². The Labute approximate surface area is 85.0 Å². The Kier molecular flexibility index (Phi) is 2.77. The van der Waals surface area contributed by atoms with Crippen LogP contribution in [0.4, 0.5) is 0 Å². The topological polar surface area (TPSA) is 37.8 Å². The number of nitrogens with one attached hydrogen (secondary N) is 1. The number of hydrogen-bond acceptors (Lipinski definition) is 3. The smallest absolute Gasteiger partial charge is 0.115 e. The van der Waals surface area contributed by atoms with Crippen LogP contribution < -0.4 is 5.32 Å². The molecule has 2 rings (SSSR count). The summed E-state index contributed by atoms with van der Waals surface area (Å²) < 4.78 is 0. The van der Waals surface area contributed by atoms with Gasteiger partial charge in [0.05, 0.1) is 0 Å². The SMILES string of the molecule is CC1CC(C)NC(c2cncnc2)C1. The van der Waals surface area contributed by atoms with Crippen molar-refractivity contribution in [1.82, 2.24) is 15.3 Å². The van der Waals surface area contributed by atoms with Gasteiger partial charge in [-0.1, -0.05) is 6.92 Å². The Balaban J connectivity index is 2.11. The molecule has 0 spiro atoms. The van der Waals surface area contributed by atoms with E-state index in [4.69, 9.17) is 0 Å². The van der Waals surface area contributed by atoms with Crippen LogP contribution in [0.25, 0.3) is 0 Å². The summed E-state index contributed by atoms with van der Waals surface area (Å²) in [6, 6.07) is 1.04. The third-order valence-corrected chi connectivity index (χ3v) is 2.86. The molecule has 76 valence electrons. The molecule has 14 heavy (non-hydrogen) atoms. The average molecular weight is 191 g/mol. The second-order valence-electron chi connectivity index (χ2n) is 4.37. The van der Waals surface area contributed by atoms with Crippen LogP contribution in [0.2, 0.25) is 0 Å². The Bertz CT molecular complexity index is 276. The lowest BCUT2D eigenvalue weighted by molar-refractivity contribution is 0.269. The molecule has 3 nitrogen and oxygen atoms in total.